The minimum absolute atomic E-state index is 0.234. The Kier molecular flexibility index (Phi) is 5.47. The predicted octanol–water partition coefficient (Wildman–Crippen LogP) is 3.58. The number of nitrogens with two attached hydrogens (primary N) is 1. The molecule has 0 radical (unpaired) electrons. The molecule has 1 heterocycles. The van der Waals surface area contributed by atoms with Crippen LogP contribution in [0, 0.1) is 5.92 Å². The lowest BCUT2D eigenvalue weighted by Gasteiger charge is -2.35. The van der Waals surface area contributed by atoms with Crippen LogP contribution in [0.3, 0.4) is 0 Å². The summed E-state index contributed by atoms with van der Waals surface area (Å²) >= 11 is 3.56. The van der Waals surface area contributed by atoms with E-state index >= 15 is 0 Å². The lowest BCUT2D eigenvalue weighted by molar-refractivity contribution is 0.147. The smallest absolute Gasteiger partial charge is 0.123 e. The van der Waals surface area contributed by atoms with E-state index in [0.29, 0.717) is 18.5 Å². The molecular formula is C16H25BrN2O. The molecule has 2 atom stereocenters. The Morgan fingerprint density at radius 3 is 2.80 bits per heavy atom. The van der Waals surface area contributed by atoms with Crippen LogP contribution in [0.15, 0.2) is 22.7 Å². The highest BCUT2D eigenvalue weighted by molar-refractivity contribution is 9.10. The molecule has 3 nitrogen and oxygen atoms in total. The first-order chi connectivity index (χ1) is 9.58. The Morgan fingerprint density at radius 1 is 1.45 bits per heavy atom. The van der Waals surface area contributed by atoms with E-state index in [-0.39, 0.29) is 6.04 Å². The first kappa shape index (κ1) is 15.8. The van der Waals surface area contributed by atoms with Gasteiger partial charge >= 0.3 is 0 Å². The molecule has 112 valence electrons. The van der Waals surface area contributed by atoms with Crippen molar-refractivity contribution in [3.8, 4) is 5.75 Å². The summed E-state index contributed by atoms with van der Waals surface area (Å²) in [5, 5.41) is 0. The van der Waals surface area contributed by atoms with Gasteiger partial charge in [-0.2, -0.15) is 0 Å². The largest absolute Gasteiger partial charge is 0.496 e. The second-order valence-corrected chi connectivity index (χ2v) is 6.74. The van der Waals surface area contributed by atoms with E-state index in [0.717, 1.165) is 16.8 Å². The number of nitrogens with zero attached hydrogens (tertiary/aromatic N) is 1. The Morgan fingerprint density at radius 2 is 2.20 bits per heavy atom. The summed E-state index contributed by atoms with van der Waals surface area (Å²) in [7, 11) is 1.73. The van der Waals surface area contributed by atoms with Crippen molar-refractivity contribution in [3.63, 3.8) is 0 Å². The molecule has 0 aromatic heterocycles. The maximum Gasteiger partial charge on any atom is 0.123 e. The third kappa shape index (κ3) is 3.18. The van der Waals surface area contributed by atoms with E-state index in [4.69, 9.17) is 10.5 Å². The van der Waals surface area contributed by atoms with Gasteiger partial charge in [0.2, 0.25) is 0 Å². The van der Waals surface area contributed by atoms with Gasteiger partial charge in [-0.15, -0.1) is 0 Å². The van der Waals surface area contributed by atoms with Crippen LogP contribution >= 0.6 is 15.9 Å². The van der Waals surface area contributed by atoms with Crippen LogP contribution in [0.4, 0.5) is 0 Å². The van der Waals surface area contributed by atoms with Gasteiger partial charge in [0.1, 0.15) is 5.75 Å². The van der Waals surface area contributed by atoms with E-state index in [1.54, 1.807) is 7.11 Å². The van der Waals surface area contributed by atoms with Crippen molar-refractivity contribution in [2.45, 2.75) is 38.8 Å². The second-order valence-electron chi connectivity index (χ2n) is 5.83. The van der Waals surface area contributed by atoms with Gasteiger partial charge in [-0.05, 0) is 43.5 Å². The van der Waals surface area contributed by atoms with Gasteiger partial charge in [0.05, 0.1) is 13.2 Å². The normalized spacial score (nSPS) is 21.4. The van der Waals surface area contributed by atoms with Crippen molar-refractivity contribution >= 4 is 15.9 Å². The molecule has 0 amide bonds. The number of hydrogen-bond donors (Lipinski definition) is 1. The lowest BCUT2D eigenvalue weighted by Crippen LogP contribution is -2.40. The number of hydrogen-bond acceptors (Lipinski definition) is 3. The van der Waals surface area contributed by atoms with E-state index in [1.165, 1.54) is 18.4 Å². The maximum absolute atomic E-state index is 6.11. The third-order valence-electron chi connectivity index (χ3n) is 4.29. The summed E-state index contributed by atoms with van der Waals surface area (Å²) in [6.45, 7) is 6.35. The molecule has 0 bridgehead atoms. The predicted molar refractivity (Wildman–Crippen MR) is 87.1 cm³/mol. The van der Waals surface area contributed by atoms with Crippen molar-refractivity contribution in [2.24, 2.45) is 11.7 Å². The minimum atomic E-state index is 0.234. The van der Waals surface area contributed by atoms with Crippen LogP contribution in [0.5, 0.6) is 5.75 Å². The Bertz CT molecular complexity index is 450. The van der Waals surface area contributed by atoms with Gasteiger partial charge in [0.25, 0.3) is 0 Å². The van der Waals surface area contributed by atoms with Crippen LogP contribution in [0.1, 0.15) is 38.3 Å². The van der Waals surface area contributed by atoms with Gasteiger partial charge in [0, 0.05) is 22.6 Å². The molecule has 0 aliphatic carbocycles. The Hall–Kier alpha value is -0.580. The molecule has 1 aromatic rings. The van der Waals surface area contributed by atoms with Gasteiger partial charge in [-0.3, -0.25) is 4.90 Å². The standard InChI is InChI=1S/C16H25BrN2O/c1-11(2)14-5-4-8-19(14)15(10-18)13-9-12(17)6-7-16(13)20-3/h6-7,9,11,14-15H,4-5,8,10,18H2,1-3H3. The molecule has 1 fully saturated rings. The summed E-state index contributed by atoms with van der Waals surface area (Å²) < 4.78 is 6.61. The Balaban J connectivity index is 2.34. The molecule has 2 rings (SSSR count). The highest BCUT2D eigenvalue weighted by Crippen LogP contribution is 2.37. The fraction of sp³-hybridized carbons (Fsp3) is 0.625. The average Bonchev–Trinajstić information content (AvgIpc) is 2.89. The summed E-state index contributed by atoms with van der Waals surface area (Å²) in [6, 6.07) is 7.03. The first-order valence-electron chi connectivity index (χ1n) is 7.37. The lowest BCUT2D eigenvalue weighted by atomic mass is 9.98. The monoisotopic (exact) mass is 340 g/mol. The topological polar surface area (TPSA) is 38.5 Å². The van der Waals surface area contributed by atoms with Gasteiger partial charge in [-0.25, -0.2) is 0 Å². The number of ether oxygens (including phenoxy) is 1. The minimum Gasteiger partial charge on any atom is -0.496 e. The molecule has 1 aliphatic heterocycles. The van der Waals surface area contributed by atoms with Gasteiger partial charge in [0.15, 0.2) is 0 Å². The Labute approximate surface area is 130 Å². The molecular weight excluding hydrogens is 316 g/mol. The zero-order chi connectivity index (χ0) is 14.7. The van der Waals surface area contributed by atoms with Crippen molar-refractivity contribution in [3.05, 3.63) is 28.2 Å². The van der Waals surface area contributed by atoms with Crippen LogP contribution in [-0.4, -0.2) is 31.1 Å². The molecule has 4 heteroatoms. The molecule has 1 aliphatic rings. The van der Waals surface area contributed by atoms with Crippen molar-refractivity contribution in [2.75, 3.05) is 20.2 Å². The quantitative estimate of drug-likeness (QED) is 0.890. The number of methoxy groups -OCH3 is 1. The highest BCUT2D eigenvalue weighted by atomic mass is 79.9. The van der Waals surface area contributed by atoms with E-state index < -0.39 is 0 Å². The number of benzene rings is 1. The van der Waals surface area contributed by atoms with Crippen molar-refractivity contribution < 1.29 is 4.74 Å². The zero-order valence-electron chi connectivity index (χ0n) is 12.6. The molecule has 20 heavy (non-hydrogen) atoms. The fourth-order valence-corrected chi connectivity index (χ4v) is 3.70. The molecule has 2 unspecified atom stereocenters. The van der Waals surface area contributed by atoms with Gasteiger partial charge in [-0.1, -0.05) is 29.8 Å². The fourth-order valence-electron chi connectivity index (χ4n) is 3.32. The molecule has 1 saturated heterocycles. The number of rotatable bonds is 5. The third-order valence-corrected chi connectivity index (χ3v) is 4.78. The average molecular weight is 341 g/mol. The molecule has 0 spiro atoms. The van der Waals surface area contributed by atoms with E-state index in [2.05, 4.69) is 40.7 Å². The second kappa shape index (κ2) is 6.92. The summed E-state index contributed by atoms with van der Waals surface area (Å²) in [6.07, 6.45) is 2.53. The van der Waals surface area contributed by atoms with E-state index in [9.17, 15) is 0 Å². The molecule has 2 N–H and O–H groups in total. The number of likely N-dealkylation sites (tertiary alicyclic amines) is 1. The number of halogens is 1. The zero-order valence-corrected chi connectivity index (χ0v) is 14.2. The molecule has 0 saturated carbocycles. The van der Waals surface area contributed by atoms with Crippen LogP contribution in [0.25, 0.3) is 0 Å². The van der Waals surface area contributed by atoms with Crippen LogP contribution in [-0.2, 0) is 0 Å². The summed E-state index contributed by atoms with van der Waals surface area (Å²) in [5.74, 6) is 1.59. The maximum atomic E-state index is 6.11. The van der Waals surface area contributed by atoms with E-state index in [1.807, 2.05) is 12.1 Å². The summed E-state index contributed by atoms with van der Waals surface area (Å²) in [4.78, 5) is 2.56. The first-order valence-corrected chi connectivity index (χ1v) is 8.17. The highest BCUT2D eigenvalue weighted by Gasteiger charge is 2.33. The SMILES string of the molecule is COc1ccc(Br)cc1C(CN)N1CCCC1C(C)C. The van der Waals surface area contributed by atoms with Crippen molar-refractivity contribution in [1.82, 2.24) is 4.90 Å². The van der Waals surface area contributed by atoms with Crippen LogP contribution < -0.4 is 10.5 Å². The van der Waals surface area contributed by atoms with Crippen LogP contribution in [0.2, 0.25) is 0 Å². The van der Waals surface area contributed by atoms with Gasteiger partial charge < -0.3 is 10.5 Å². The van der Waals surface area contributed by atoms with Crippen molar-refractivity contribution in [1.29, 1.82) is 0 Å². The molecule has 1 aromatic carbocycles. The summed E-state index contributed by atoms with van der Waals surface area (Å²) in [5.41, 5.74) is 7.30.